The van der Waals surface area contributed by atoms with Crippen LogP contribution < -0.4 is 0 Å². The fourth-order valence-corrected chi connectivity index (χ4v) is 0.200. The van der Waals surface area contributed by atoms with E-state index in [1.807, 2.05) is 0 Å². The average molecular weight is 248 g/mol. The first-order chi connectivity index (χ1) is 3.85. The third kappa shape index (κ3) is 3.81. The molecule has 6 heteroatoms. The molecular weight excluding hydrogens is 245 g/mol. The fraction of sp³-hybridized carbons (Fsp3) is 0.500. The predicted octanol–water partition coefficient (Wildman–Crippen LogP) is 0.704. The van der Waals surface area contributed by atoms with Crippen LogP contribution in [0.5, 0.6) is 0 Å². The van der Waals surface area contributed by atoms with E-state index in [4.69, 9.17) is 0 Å². The number of ketones is 2. The molecule has 0 aromatic carbocycles. The Morgan fingerprint density at radius 2 is 1.50 bits per heavy atom. The van der Waals surface area contributed by atoms with Gasteiger partial charge in [-0.15, -0.1) is 0 Å². The van der Waals surface area contributed by atoms with Crippen molar-refractivity contribution in [2.45, 2.75) is 13.1 Å². The van der Waals surface area contributed by atoms with Crippen molar-refractivity contribution >= 4 is 11.6 Å². The summed E-state index contributed by atoms with van der Waals surface area (Å²) in [5.41, 5.74) is 0. The van der Waals surface area contributed by atoms with E-state index in [0.29, 0.717) is 6.92 Å². The van der Waals surface area contributed by atoms with E-state index < -0.39 is 17.7 Å². The Morgan fingerprint density at radius 1 is 1.20 bits per heavy atom. The van der Waals surface area contributed by atoms with Crippen LogP contribution >= 0.6 is 0 Å². The van der Waals surface area contributed by atoms with E-state index in [0.717, 1.165) is 0 Å². The first-order valence-electron chi connectivity index (χ1n) is 1.98. The van der Waals surface area contributed by atoms with Gasteiger partial charge in [-0.3, -0.25) is 9.59 Å². The van der Waals surface area contributed by atoms with Gasteiger partial charge in [-0.2, -0.15) is 13.2 Å². The Kier molecular flexibility index (Phi) is 4.89. The molecule has 0 unspecified atom stereocenters. The van der Waals surface area contributed by atoms with E-state index in [-0.39, 0.29) is 22.4 Å². The van der Waals surface area contributed by atoms with Crippen LogP contribution in [0.4, 0.5) is 13.2 Å². The minimum absolute atomic E-state index is 0. The predicted molar refractivity (Wildman–Crippen MR) is 21.7 cm³/mol. The molecule has 0 aliphatic rings. The Morgan fingerprint density at radius 3 is 1.50 bits per heavy atom. The standard InChI is InChI=1S/C4H3F3O2.Ag/c1-2(8)3(9)4(5,6)7;/h1H3;/q;+1. The minimum Gasteiger partial charge on any atom is -0.291 e. The van der Waals surface area contributed by atoms with E-state index in [1.165, 1.54) is 0 Å². The van der Waals surface area contributed by atoms with Crippen LogP contribution in [0.3, 0.4) is 0 Å². The third-order valence-corrected chi connectivity index (χ3v) is 0.577. The average Bonchev–Trinajstić information content (AvgIpc) is 1.62. The summed E-state index contributed by atoms with van der Waals surface area (Å²) in [6.45, 7) is 0.579. The molecule has 0 fully saturated rings. The van der Waals surface area contributed by atoms with Crippen molar-refractivity contribution in [1.82, 2.24) is 0 Å². The van der Waals surface area contributed by atoms with E-state index in [2.05, 4.69) is 0 Å². The van der Waals surface area contributed by atoms with Crippen molar-refractivity contribution in [3.63, 3.8) is 0 Å². The second-order valence-electron chi connectivity index (χ2n) is 1.38. The van der Waals surface area contributed by atoms with Crippen LogP contribution in [-0.2, 0) is 32.0 Å². The Bertz CT molecular complexity index is 151. The molecule has 0 aromatic heterocycles. The molecule has 2 nitrogen and oxygen atoms in total. The van der Waals surface area contributed by atoms with Gasteiger partial charge in [0.15, 0.2) is 0 Å². The Balaban J connectivity index is 0. The van der Waals surface area contributed by atoms with E-state index in [1.54, 1.807) is 0 Å². The van der Waals surface area contributed by atoms with Gasteiger partial charge in [-0.25, -0.2) is 0 Å². The number of carbonyl (C=O) groups excluding carboxylic acids is 2. The summed E-state index contributed by atoms with van der Waals surface area (Å²) in [7, 11) is 0. The Labute approximate surface area is 70.3 Å². The molecule has 0 saturated heterocycles. The zero-order valence-electron chi connectivity index (χ0n) is 4.75. The molecule has 62 valence electrons. The van der Waals surface area contributed by atoms with Crippen molar-refractivity contribution in [2.75, 3.05) is 0 Å². The largest absolute Gasteiger partial charge is 1.00 e. The normalized spacial score (nSPS) is 10.0. The van der Waals surface area contributed by atoms with Crippen LogP contribution in [0.1, 0.15) is 6.92 Å². The van der Waals surface area contributed by atoms with Crippen LogP contribution in [0, 0.1) is 0 Å². The number of Topliss-reactive ketones (excluding diaryl/α,β-unsaturated/α-hetero) is 2. The molecular formula is C4H3AgF3O2+. The molecule has 0 rings (SSSR count). The van der Waals surface area contributed by atoms with Gasteiger partial charge in [-0.05, 0) is 0 Å². The van der Waals surface area contributed by atoms with Crippen LogP contribution in [0.15, 0.2) is 0 Å². The second kappa shape index (κ2) is 3.90. The minimum atomic E-state index is -5.01. The zero-order chi connectivity index (χ0) is 7.65. The molecule has 0 heterocycles. The van der Waals surface area contributed by atoms with Gasteiger partial charge in [0, 0.05) is 6.92 Å². The van der Waals surface area contributed by atoms with Gasteiger partial charge in [0.25, 0.3) is 0 Å². The van der Waals surface area contributed by atoms with Gasteiger partial charge in [-0.1, -0.05) is 0 Å². The maximum absolute atomic E-state index is 11.1. The van der Waals surface area contributed by atoms with E-state index >= 15 is 0 Å². The van der Waals surface area contributed by atoms with Crippen LogP contribution in [-0.4, -0.2) is 17.7 Å². The SMILES string of the molecule is CC(=O)C(=O)C(F)(F)F.[Ag+]. The summed E-state index contributed by atoms with van der Waals surface area (Å²) in [4.78, 5) is 19.4. The maximum atomic E-state index is 11.1. The van der Waals surface area contributed by atoms with Gasteiger partial charge in [0.1, 0.15) is 0 Å². The first kappa shape index (κ1) is 12.5. The van der Waals surface area contributed by atoms with E-state index in [9.17, 15) is 22.8 Å². The number of carbonyl (C=O) groups is 2. The molecule has 0 aliphatic heterocycles. The van der Waals surface area contributed by atoms with Gasteiger partial charge in [0.2, 0.25) is 5.78 Å². The topological polar surface area (TPSA) is 34.1 Å². The molecule has 0 saturated carbocycles. The fourth-order valence-electron chi connectivity index (χ4n) is 0.200. The third-order valence-electron chi connectivity index (χ3n) is 0.577. The number of hydrogen-bond acceptors (Lipinski definition) is 2. The molecule has 0 N–H and O–H groups in total. The zero-order valence-corrected chi connectivity index (χ0v) is 6.23. The van der Waals surface area contributed by atoms with Gasteiger partial charge in [0.05, 0.1) is 0 Å². The van der Waals surface area contributed by atoms with Crippen molar-refractivity contribution in [3.8, 4) is 0 Å². The first-order valence-corrected chi connectivity index (χ1v) is 1.98. The quantitative estimate of drug-likeness (QED) is 0.505. The van der Waals surface area contributed by atoms with Crippen molar-refractivity contribution in [2.24, 2.45) is 0 Å². The molecule has 0 bridgehead atoms. The summed E-state index contributed by atoms with van der Waals surface area (Å²) in [5, 5.41) is 0. The van der Waals surface area contributed by atoms with Gasteiger partial charge < -0.3 is 0 Å². The molecule has 10 heavy (non-hydrogen) atoms. The number of halogens is 3. The van der Waals surface area contributed by atoms with Crippen molar-refractivity contribution < 1.29 is 45.1 Å². The summed E-state index contributed by atoms with van der Waals surface area (Å²) < 4.78 is 33.4. The molecule has 0 aromatic rings. The molecule has 0 spiro atoms. The smallest absolute Gasteiger partial charge is 0.291 e. The number of rotatable bonds is 1. The summed E-state index contributed by atoms with van der Waals surface area (Å²) in [6.07, 6.45) is -5.01. The molecule has 0 atom stereocenters. The second-order valence-corrected chi connectivity index (χ2v) is 1.38. The number of hydrogen-bond donors (Lipinski definition) is 0. The van der Waals surface area contributed by atoms with Crippen molar-refractivity contribution in [3.05, 3.63) is 0 Å². The summed E-state index contributed by atoms with van der Waals surface area (Å²) in [6, 6.07) is 0. The molecule has 0 amide bonds. The molecule has 0 aliphatic carbocycles. The van der Waals surface area contributed by atoms with Crippen LogP contribution in [0.2, 0.25) is 0 Å². The molecule has 0 radical (unpaired) electrons. The van der Waals surface area contributed by atoms with Crippen LogP contribution in [0.25, 0.3) is 0 Å². The van der Waals surface area contributed by atoms with Crippen molar-refractivity contribution in [1.29, 1.82) is 0 Å². The Hall–Kier alpha value is -0.130. The van der Waals surface area contributed by atoms with Gasteiger partial charge >= 0.3 is 34.3 Å². The summed E-state index contributed by atoms with van der Waals surface area (Å²) >= 11 is 0. The summed E-state index contributed by atoms with van der Waals surface area (Å²) in [5.74, 6) is -3.79. The number of alkyl halides is 3. The monoisotopic (exact) mass is 247 g/mol. The maximum Gasteiger partial charge on any atom is 1.00 e.